The lowest BCUT2D eigenvalue weighted by atomic mass is 9.98. The van der Waals surface area contributed by atoms with E-state index >= 15 is 0 Å². The van der Waals surface area contributed by atoms with Gasteiger partial charge in [-0.15, -0.1) is 10.2 Å². The van der Waals surface area contributed by atoms with Crippen molar-refractivity contribution in [3.63, 3.8) is 0 Å². The lowest BCUT2D eigenvalue weighted by Gasteiger charge is -2.10. The molecule has 4 aromatic rings. The van der Waals surface area contributed by atoms with Crippen molar-refractivity contribution >= 4 is 5.97 Å². The lowest BCUT2D eigenvalue weighted by molar-refractivity contribution is -0.138. The largest absolute Gasteiger partial charge is 0.481 e. The van der Waals surface area contributed by atoms with Crippen LogP contribution in [0.15, 0.2) is 48.5 Å². The summed E-state index contributed by atoms with van der Waals surface area (Å²) in [6.45, 7) is 6.34. The molecule has 0 spiro atoms. The van der Waals surface area contributed by atoms with Crippen LogP contribution in [0.1, 0.15) is 43.9 Å². The SMILES string of the molecule is CC(C)Cc1nc(C(C)C(=O)O)nn1Cc1ccc(-c2ccccc2-c2nn[nH]n2)cc1. The smallest absolute Gasteiger partial charge is 0.314 e. The number of carboxylic acids is 1. The zero-order valence-corrected chi connectivity index (χ0v) is 18.2. The minimum Gasteiger partial charge on any atom is -0.481 e. The van der Waals surface area contributed by atoms with Crippen molar-refractivity contribution in [3.05, 3.63) is 65.7 Å². The number of rotatable bonds is 8. The third kappa shape index (κ3) is 4.56. The third-order valence-corrected chi connectivity index (χ3v) is 5.22. The third-order valence-electron chi connectivity index (χ3n) is 5.22. The Bertz CT molecular complexity index is 1200. The van der Waals surface area contributed by atoms with Crippen LogP contribution in [0.4, 0.5) is 0 Å². The van der Waals surface area contributed by atoms with Gasteiger partial charge < -0.3 is 5.11 Å². The van der Waals surface area contributed by atoms with Crippen LogP contribution < -0.4 is 0 Å². The number of benzene rings is 2. The Labute approximate surface area is 185 Å². The number of carbonyl (C=O) groups is 1. The number of aromatic amines is 1. The summed E-state index contributed by atoms with van der Waals surface area (Å²) in [7, 11) is 0. The fraction of sp³-hybridized carbons (Fsp3) is 0.304. The fourth-order valence-corrected chi connectivity index (χ4v) is 3.50. The van der Waals surface area contributed by atoms with E-state index < -0.39 is 11.9 Å². The van der Waals surface area contributed by atoms with Crippen LogP contribution in [0.3, 0.4) is 0 Å². The van der Waals surface area contributed by atoms with E-state index in [9.17, 15) is 9.90 Å². The number of aliphatic carboxylic acids is 1. The quantitative estimate of drug-likeness (QED) is 0.437. The van der Waals surface area contributed by atoms with Gasteiger partial charge in [0.25, 0.3) is 0 Å². The molecule has 164 valence electrons. The van der Waals surface area contributed by atoms with Gasteiger partial charge in [-0.1, -0.05) is 62.4 Å². The second kappa shape index (κ2) is 9.09. The Balaban J connectivity index is 1.61. The molecule has 0 amide bonds. The molecule has 32 heavy (non-hydrogen) atoms. The Morgan fingerprint density at radius 1 is 1.06 bits per heavy atom. The molecule has 2 aromatic carbocycles. The van der Waals surface area contributed by atoms with E-state index in [1.807, 2.05) is 53.2 Å². The molecule has 0 aliphatic carbocycles. The summed E-state index contributed by atoms with van der Waals surface area (Å²) in [5.74, 6) is 0.406. The monoisotopic (exact) mass is 431 g/mol. The van der Waals surface area contributed by atoms with Crippen molar-refractivity contribution in [1.82, 2.24) is 35.4 Å². The highest BCUT2D eigenvalue weighted by atomic mass is 16.4. The summed E-state index contributed by atoms with van der Waals surface area (Å²) in [5, 5.41) is 28.2. The zero-order chi connectivity index (χ0) is 22.7. The van der Waals surface area contributed by atoms with Crippen LogP contribution in [0.2, 0.25) is 0 Å². The second-order valence-electron chi connectivity index (χ2n) is 8.18. The van der Waals surface area contributed by atoms with Crippen LogP contribution in [0.25, 0.3) is 22.5 Å². The molecule has 9 nitrogen and oxygen atoms in total. The van der Waals surface area contributed by atoms with Crippen LogP contribution in [0.5, 0.6) is 0 Å². The molecule has 0 saturated heterocycles. The number of H-pyrrole nitrogens is 1. The maximum absolute atomic E-state index is 11.4. The summed E-state index contributed by atoms with van der Waals surface area (Å²) in [4.78, 5) is 15.9. The van der Waals surface area contributed by atoms with Gasteiger partial charge in [-0.25, -0.2) is 9.67 Å². The first kappa shape index (κ1) is 21.4. The van der Waals surface area contributed by atoms with E-state index in [0.29, 0.717) is 24.1 Å². The average Bonchev–Trinajstić information content (AvgIpc) is 3.44. The molecule has 0 radical (unpaired) electrons. The van der Waals surface area contributed by atoms with Crippen LogP contribution in [0, 0.1) is 5.92 Å². The maximum Gasteiger partial charge on any atom is 0.314 e. The molecule has 0 aliphatic heterocycles. The van der Waals surface area contributed by atoms with Crippen molar-refractivity contribution in [2.75, 3.05) is 0 Å². The average molecular weight is 432 g/mol. The normalized spacial score (nSPS) is 12.2. The van der Waals surface area contributed by atoms with E-state index in [2.05, 4.69) is 44.6 Å². The van der Waals surface area contributed by atoms with E-state index in [-0.39, 0.29) is 0 Å². The Hall–Kier alpha value is -3.88. The van der Waals surface area contributed by atoms with Crippen molar-refractivity contribution in [3.8, 4) is 22.5 Å². The number of carboxylic acid groups (broad SMARTS) is 1. The Morgan fingerprint density at radius 3 is 2.41 bits per heavy atom. The summed E-state index contributed by atoms with van der Waals surface area (Å²) < 4.78 is 1.82. The molecule has 1 unspecified atom stereocenters. The minimum absolute atomic E-state index is 0.346. The van der Waals surface area contributed by atoms with E-state index in [0.717, 1.165) is 34.5 Å². The highest BCUT2D eigenvalue weighted by molar-refractivity contribution is 5.80. The number of aromatic nitrogens is 7. The molecule has 0 aliphatic rings. The first-order valence-electron chi connectivity index (χ1n) is 10.5. The van der Waals surface area contributed by atoms with Crippen LogP contribution in [-0.4, -0.2) is 46.5 Å². The summed E-state index contributed by atoms with van der Waals surface area (Å²) in [6.07, 6.45) is 0.732. The molecule has 2 heterocycles. The Morgan fingerprint density at radius 2 is 1.78 bits per heavy atom. The summed E-state index contributed by atoms with van der Waals surface area (Å²) >= 11 is 0. The molecule has 0 saturated carbocycles. The van der Waals surface area contributed by atoms with Crippen molar-refractivity contribution in [1.29, 1.82) is 0 Å². The van der Waals surface area contributed by atoms with E-state index in [4.69, 9.17) is 0 Å². The molecule has 2 aromatic heterocycles. The predicted octanol–water partition coefficient (Wildman–Crippen LogP) is 3.56. The molecule has 2 N–H and O–H groups in total. The molecular formula is C23H25N7O2. The van der Waals surface area contributed by atoms with E-state index in [1.54, 1.807) is 6.92 Å². The van der Waals surface area contributed by atoms with Gasteiger partial charge in [-0.05, 0) is 34.7 Å². The molecule has 4 rings (SSSR count). The highest BCUT2D eigenvalue weighted by Crippen LogP contribution is 2.29. The lowest BCUT2D eigenvalue weighted by Crippen LogP contribution is -2.11. The van der Waals surface area contributed by atoms with Crippen LogP contribution in [-0.2, 0) is 17.8 Å². The summed E-state index contributed by atoms with van der Waals surface area (Å²) in [6, 6.07) is 16.1. The molecule has 0 bridgehead atoms. The highest BCUT2D eigenvalue weighted by Gasteiger charge is 2.21. The van der Waals surface area contributed by atoms with E-state index in [1.165, 1.54) is 0 Å². The second-order valence-corrected chi connectivity index (χ2v) is 8.18. The molecular weight excluding hydrogens is 406 g/mol. The Kier molecular flexibility index (Phi) is 6.07. The van der Waals surface area contributed by atoms with Gasteiger partial charge in [0.2, 0.25) is 5.82 Å². The number of tetrazole rings is 1. The van der Waals surface area contributed by atoms with Crippen molar-refractivity contribution in [2.24, 2.45) is 5.92 Å². The van der Waals surface area contributed by atoms with Crippen LogP contribution >= 0.6 is 0 Å². The minimum atomic E-state index is -0.928. The van der Waals surface area contributed by atoms with Crippen molar-refractivity contribution < 1.29 is 9.90 Å². The molecule has 0 fully saturated rings. The number of nitrogens with zero attached hydrogens (tertiary/aromatic N) is 6. The number of hydrogen-bond acceptors (Lipinski definition) is 6. The van der Waals surface area contributed by atoms with Crippen molar-refractivity contribution in [2.45, 2.75) is 39.7 Å². The summed E-state index contributed by atoms with van der Waals surface area (Å²) in [5.41, 5.74) is 4.00. The van der Waals surface area contributed by atoms with Gasteiger partial charge in [0.05, 0.1) is 6.54 Å². The maximum atomic E-state index is 11.4. The van der Waals surface area contributed by atoms with Gasteiger partial charge in [0.15, 0.2) is 5.82 Å². The first-order valence-corrected chi connectivity index (χ1v) is 10.5. The predicted molar refractivity (Wildman–Crippen MR) is 119 cm³/mol. The van der Waals surface area contributed by atoms with Gasteiger partial charge >= 0.3 is 5.97 Å². The van der Waals surface area contributed by atoms with Gasteiger partial charge in [0.1, 0.15) is 11.7 Å². The number of nitrogens with one attached hydrogen (secondary N) is 1. The molecule has 1 atom stereocenters. The standard InChI is InChI=1S/C23H25N7O2/c1-14(2)12-20-24-21(15(3)23(31)32)27-30(20)13-16-8-10-17(11-9-16)18-6-4-5-7-19(18)22-25-28-29-26-22/h4-11,14-15H,12-13H2,1-3H3,(H,31,32)(H,25,26,28,29). The van der Waals surface area contributed by atoms with Gasteiger partial charge in [-0.2, -0.15) is 10.3 Å². The number of hydrogen-bond donors (Lipinski definition) is 2. The van der Waals surface area contributed by atoms with Gasteiger partial charge in [0, 0.05) is 12.0 Å². The fourth-order valence-electron chi connectivity index (χ4n) is 3.50. The van der Waals surface area contributed by atoms with Gasteiger partial charge in [-0.3, -0.25) is 4.79 Å². The molecule has 9 heteroatoms. The topological polar surface area (TPSA) is 122 Å². The first-order chi connectivity index (χ1) is 15.4. The zero-order valence-electron chi connectivity index (χ0n) is 18.2.